The molecule has 0 rings (SSSR count). The number of ether oxygens (including phenoxy) is 1. The highest BCUT2D eigenvalue weighted by molar-refractivity contribution is 5.71. The molecule has 78 valence electrons. The SMILES string of the molecule is C=C(C#CC)N(C)C(=O)OC(C)(C)C. The van der Waals surface area contributed by atoms with Crippen molar-refractivity contribution in [1.82, 2.24) is 4.90 Å². The van der Waals surface area contributed by atoms with Gasteiger partial charge in [0, 0.05) is 7.05 Å². The molecule has 0 saturated heterocycles. The Bertz CT molecular complexity index is 289. The zero-order valence-corrected chi connectivity index (χ0v) is 9.47. The van der Waals surface area contributed by atoms with Crippen LogP contribution >= 0.6 is 0 Å². The third-order valence-electron chi connectivity index (χ3n) is 1.34. The number of hydrogen-bond donors (Lipinski definition) is 0. The van der Waals surface area contributed by atoms with Crippen LogP contribution in [0.4, 0.5) is 4.79 Å². The van der Waals surface area contributed by atoms with Gasteiger partial charge in [-0.25, -0.2) is 4.79 Å². The second-order valence-corrected chi connectivity index (χ2v) is 3.86. The molecular weight excluding hydrogens is 178 g/mol. The van der Waals surface area contributed by atoms with Crippen LogP contribution in [0.15, 0.2) is 12.3 Å². The summed E-state index contributed by atoms with van der Waals surface area (Å²) in [5.41, 5.74) is -0.0626. The first-order valence-electron chi connectivity index (χ1n) is 4.36. The van der Waals surface area contributed by atoms with E-state index in [0.717, 1.165) is 0 Å². The van der Waals surface area contributed by atoms with E-state index in [0.29, 0.717) is 5.70 Å². The lowest BCUT2D eigenvalue weighted by molar-refractivity contribution is 0.0361. The van der Waals surface area contributed by atoms with Gasteiger partial charge in [-0.05, 0) is 33.6 Å². The average molecular weight is 195 g/mol. The maximum Gasteiger partial charge on any atom is 0.415 e. The molecule has 0 radical (unpaired) electrons. The predicted octanol–water partition coefficient (Wildman–Crippen LogP) is 2.39. The monoisotopic (exact) mass is 195 g/mol. The number of amides is 1. The van der Waals surface area contributed by atoms with Crippen LogP contribution in [0.25, 0.3) is 0 Å². The van der Waals surface area contributed by atoms with Crippen molar-refractivity contribution in [3.8, 4) is 11.8 Å². The summed E-state index contributed by atoms with van der Waals surface area (Å²) in [4.78, 5) is 12.7. The van der Waals surface area contributed by atoms with Gasteiger partial charge in [0.2, 0.25) is 0 Å². The van der Waals surface area contributed by atoms with Gasteiger partial charge >= 0.3 is 6.09 Å². The van der Waals surface area contributed by atoms with Crippen LogP contribution in [0.1, 0.15) is 27.7 Å². The molecule has 0 aliphatic carbocycles. The van der Waals surface area contributed by atoms with Gasteiger partial charge in [-0.2, -0.15) is 0 Å². The van der Waals surface area contributed by atoms with Crippen LogP contribution < -0.4 is 0 Å². The molecule has 1 amide bonds. The fourth-order valence-corrected chi connectivity index (χ4v) is 0.669. The summed E-state index contributed by atoms with van der Waals surface area (Å²) < 4.78 is 5.13. The molecule has 0 unspecified atom stereocenters. The Morgan fingerprint density at radius 2 is 1.93 bits per heavy atom. The van der Waals surface area contributed by atoms with Gasteiger partial charge < -0.3 is 4.74 Å². The highest BCUT2D eigenvalue weighted by Crippen LogP contribution is 2.10. The zero-order chi connectivity index (χ0) is 11.4. The van der Waals surface area contributed by atoms with Crippen LogP contribution in [0.5, 0.6) is 0 Å². The molecular formula is C11H17NO2. The summed E-state index contributed by atoms with van der Waals surface area (Å²) in [6.45, 7) is 10.8. The molecule has 0 aromatic rings. The Hall–Kier alpha value is -1.43. The Balaban J connectivity index is 4.39. The van der Waals surface area contributed by atoms with Crippen LogP contribution in [0.3, 0.4) is 0 Å². The highest BCUT2D eigenvalue weighted by atomic mass is 16.6. The van der Waals surface area contributed by atoms with E-state index < -0.39 is 11.7 Å². The Kier molecular flexibility index (Phi) is 4.23. The van der Waals surface area contributed by atoms with Gasteiger partial charge in [0.25, 0.3) is 0 Å². The zero-order valence-electron chi connectivity index (χ0n) is 9.47. The first-order valence-corrected chi connectivity index (χ1v) is 4.36. The fourth-order valence-electron chi connectivity index (χ4n) is 0.669. The highest BCUT2D eigenvalue weighted by Gasteiger charge is 2.20. The summed E-state index contributed by atoms with van der Waals surface area (Å²) in [6, 6.07) is 0. The molecule has 3 nitrogen and oxygen atoms in total. The number of carbonyl (C=O) groups excluding carboxylic acids is 1. The van der Waals surface area contributed by atoms with Crippen LogP contribution in [0.2, 0.25) is 0 Å². The number of carbonyl (C=O) groups is 1. The Morgan fingerprint density at radius 3 is 2.29 bits per heavy atom. The third-order valence-corrected chi connectivity index (χ3v) is 1.34. The van der Waals surface area contributed by atoms with E-state index in [2.05, 4.69) is 18.4 Å². The van der Waals surface area contributed by atoms with Crippen molar-refractivity contribution in [3.63, 3.8) is 0 Å². The standard InChI is InChI=1S/C11H17NO2/c1-7-8-9(2)12(6)10(13)14-11(3,4)5/h2H2,1,3-6H3. The summed E-state index contributed by atoms with van der Waals surface area (Å²) in [6.07, 6.45) is -0.440. The summed E-state index contributed by atoms with van der Waals surface area (Å²) in [5.74, 6) is 5.36. The van der Waals surface area contributed by atoms with E-state index in [1.54, 1.807) is 14.0 Å². The van der Waals surface area contributed by atoms with Crippen molar-refractivity contribution >= 4 is 6.09 Å². The molecule has 0 aliphatic rings. The lowest BCUT2D eigenvalue weighted by Crippen LogP contribution is -2.33. The second-order valence-electron chi connectivity index (χ2n) is 3.86. The normalized spacial score (nSPS) is 9.79. The van der Waals surface area contributed by atoms with Gasteiger partial charge in [0.15, 0.2) is 0 Å². The van der Waals surface area contributed by atoms with E-state index in [1.165, 1.54) is 4.90 Å². The molecule has 0 aromatic heterocycles. The second kappa shape index (κ2) is 4.71. The van der Waals surface area contributed by atoms with E-state index in [4.69, 9.17) is 4.74 Å². The molecule has 0 bridgehead atoms. The van der Waals surface area contributed by atoms with Crippen LogP contribution in [-0.4, -0.2) is 23.6 Å². The van der Waals surface area contributed by atoms with Gasteiger partial charge in [-0.1, -0.05) is 12.5 Å². The summed E-state index contributed by atoms with van der Waals surface area (Å²) in [7, 11) is 1.58. The molecule has 0 N–H and O–H groups in total. The van der Waals surface area contributed by atoms with Crippen molar-refractivity contribution < 1.29 is 9.53 Å². The minimum atomic E-state index is -0.495. The predicted molar refractivity (Wildman–Crippen MR) is 56.6 cm³/mol. The van der Waals surface area contributed by atoms with Crippen LogP contribution in [-0.2, 0) is 4.74 Å². The molecule has 0 heterocycles. The van der Waals surface area contributed by atoms with E-state index >= 15 is 0 Å². The van der Waals surface area contributed by atoms with Crippen molar-refractivity contribution in [2.24, 2.45) is 0 Å². The molecule has 0 aliphatic heterocycles. The molecule has 0 aromatic carbocycles. The largest absolute Gasteiger partial charge is 0.443 e. The molecule has 14 heavy (non-hydrogen) atoms. The lowest BCUT2D eigenvalue weighted by atomic mass is 10.2. The minimum absolute atomic E-state index is 0.432. The average Bonchev–Trinajstić information content (AvgIpc) is 2.00. The molecule has 0 spiro atoms. The van der Waals surface area contributed by atoms with Gasteiger partial charge in [0.05, 0.1) is 5.70 Å². The van der Waals surface area contributed by atoms with Crippen molar-refractivity contribution in [2.45, 2.75) is 33.3 Å². The van der Waals surface area contributed by atoms with Crippen molar-refractivity contribution in [3.05, 3.63) is 12.3 Å². The molecule has 0 fully saturated rings. The summed E-state index contributed by atoms with van der Waals surface area (Å²) in [5, 5.41) is 0. The molecule has 3 heteroatoms. The quantitative estimate of drug-likeness (QED) is 0.601. The van der Waals surface area contributed by atoms with E-state index in [-0.39, 0.29) is 0 Å². The van der Waals surface area contributed by atoms with Gasteiger partial charge in [0.1, 0.15) is 5.60 Å². The smallest absolute Gasteiger partial charge is 0.415 e. The number of nitrogens with zero attached hydrogens (tertiary/aromatic N) is 1. The Labute approximate surface area is 85.7 Å². The lowest BCUT2D eigenvalue weighted by Gasteiger charge is -2.24. The third kappa shape index (κ3) is 4.56. The van der Waals surface area contributed by atoms with Crippen molar-refractivity contribution in [2.75, 3.05) is 7.05 Å². The fraction of sp³-hybridized carbons (Fsp3) is 0.545. The Morgan fingerprint density at radius 1 is 1.43 bits per heavy atom. The van der Waals surface area contributed by atoms with Gasteiger partial charge in [-0.3, -0.25) is 4.90 Å². The topological polar surface area (TPSA) is 29.5 Å². The number of allylic oxidation sites excluding steroid dienone is 1. The molecule has 0 saturated carbocycles. The maximum absolute atomic E-state index is 11.5. The minimum Gasteiger partial charge on any atom is -0.443 e. The van der Waals surface area contributed by atoms with E-state index in [1.807, 2.05) is 20.8 Å². The number of hydrogen-bond acceptors (Lipinski definition) is 2. The maximum atomic E-state index is 11.5. The van der Waals surface area contributed by atoms with Crippen molar-refractivity contribution in [1.29, 1.82) is 0 Å². The van der Waals surface area contributed by atoms with E-state index in [9.17, 15) is 4.79 Å². The number of rotatable bonds is 1. The van der Waals surface area contributed by atoms with Crippen LogP contribution in [0, 0.1) is 11.8 Å². The first-order chi connectivity index (χ1) is 6.28. The van der Waals surface area contributed by atoms with Gasteiger partial charge in [-0.15, -0.1) is 0 Å². The first kappa shape index (κ1) is 12.6. The molecule has 0 atom stereocenters. The summed E-state index contributed by atoms with van der Waals surface area (Å²) >= 11 is 0.